The van der Waals surface area contributed by atoms with Crippen molar-refractivity contribution in [2.45, 2.75) is 20.4 Å². The average Bonchev–Trinajstić information content (AvgIpc) is 3.06. The number of benzene rings is 1. The number of thiazole rings is 1. The summed E-state index contributed by atoms with van der Waals surface area (Å²) < 4.78 is 5.44. The molecule has 0 saturated carbocycles. The molecular weight excluding hydrogens is 348 g/mol. The number of hydrogen-bond acceptors (Lipinski definition) is 5. The predicted molar refractivity (Wildman–Crippen MR) is 106 cm³/mol. The Morgan fingerprint density at radius 1 is 1.23 bits per heavy atom. The molecule has 1 fully saturated rings. The van der Waals surface area contributed by atoms with Crippen LogP contribution in [-0.2, 0) is 11.3 Å². The van der Waals surface area contributed by atoms with Crippen molar-refractivity contribution in [3.63, 3.8) is 0 Å². The van der Waals surface area contributed by atoms with E-state index in [2.05, 4.69) is 22.3 Å². The first-order valence-corrected chi connectivity index (χ1v) is 9.94. The SMILES string of the molecule is CCN(CC)C(=O)Nc1nc(-c2ccccc2)c(CN2CCOCC2)s1. The Bertz CT molecular complexity index is 710. The molecule has 1 N–H and O–H groups in total. The molecule has 1 aromatic heterocycles. The van der Waals surface area contributed by atoms with E-state index in [0.29, 0.717) is 18.2 Å². The van der Waals surface area contributed by atoms with Gasteiger partial charge in [0, 0.05) is 43.2 Å². The van der Waals surface area contributed by atoms with Crippen LogP contribution in [0.1, 0.15) is 18.7 Å². The Balaban J connectivity index is 1.83. The summed E-state index contributed by atoms with van der Waals surface area (Å²) >= 11 is 1.56. The zero-order chi connectivity index (χ0) is 18.4. The van der Waals surface area contributed by atoms with Gasteiger partial charge in [0.2, 0.25) is 0 Å². The van der Waals surface area contributed by atoms with Gasteiger partial charge in [-0.2, -0.15) is 0 Å². The fourth-order valence-electron chi connectivity index (χ4n) is 2.98. The van der Waals surface area contributed by atoms with E-state index in [1.165, 1.54) is 4.88 Å². The van der Waals surface area contributed by atoms with Gasteiger partial charge < -0.3 is 9.64 Å². The lowest BCUT2D eigenvalue weighted by Gasteiger charge is -2.26. The lowest BCUT2D eigenvalue weighted by atomic mass is 10.1. The van der Waals surface area contributed by atoms with Crippen molar-refractivity contribution in [1.29, 1.82) is 0 Å². The molecule has 7 heteroatoms. The predicted octanol–water partition coefficient (Wildman–Crippen LogP) is 3.52. The first-order valence-electron chi connectivity index (χ1n) is 9.12. The maximum absolute atomic E-state index is 12.4. The molecule has 0 aliphatic carbocycles. The number of ether oxygens (including phenoxy) is 1. The first kappa shape index (κ1) is 18.8. The van der Waals surface area contributed by atoms with Crippen LogP contribution in [0.15, 0.2) is 30.3 Å². The molecule has 140 valence electrons. The highest BCUT2D eigenvalue weighted by molar-refractivity contribution is 7.16. The van der Waals surface area contributed by atoms with Crippen LogP contribution < -0.4 is 5.32 Å². The Labute approximate surface area is 158 Å². The lowest BCUT2D eigenvalue weighted by molar-refractivity contribution is 0.0347. The van der Waals surface area contributed by atoms with E-state index in [9.17, 15) is 4.79 Å². The molecule has 1 aliphatic heterocycles. The van der Waals surface area contributed by atoms with E-state index >= 15 is 0 Å². The van der Waals surface area contributed by atoms with Crippen molar-refractivity contribution in [2.24, 2.45) is 0 Å². The summed E-state index contributed by atoms with van der Waals surface area (Å²) in [5.41, 5.74) is 2.03. The minimum atomic E-state index is -0.0960. The van der Waals surface area contributed by atoms with Gasteiger partial charge in [0.1, 0.15) is 0 Å². The maximum Gasteiger partial charge on any atom is 0.323 e. The van der Waals surface area contributed by atoms with Gasteiger partial charge in [-0.25, -0.2) is 9.78 Å². The van der Waals surface area contributed by atoms with Crippen LogP contribution in [0.5, 0.6) is 0 Å². The monoisotopic (exact) mass is 374 g/mol. The number of nitrogens with one attached hydrogen (secondary N) is 1. The van der Waals surface area contributed by atoms with Gasteiger partial charge in [-0.15, -0.1) is 0 Å². The fraction of sp³-hybridized carbons (Fsp3) is 0.474. The third-order valence-electron chi connectivity index (χ3n) is 4.48. The van der Waals surface area contributed by atoms with Crippen molar-refractivity contribution in [3.8, 4) is 11.3 Å². The Morgan fingerprint density at radius 2 is 1.92 bits per heavy atom. The highest BCUT2D eigenvalue weighted by Crippen LogP contribution is 2.32. The van der Waals surface area contributed by atoms with Crippen LogP contribution in [0.2, 0.25) is 0 Å². The van der Waals surface area contributed by atoms with Crippen molar-refractivity contribution in [3.05, 3.63) is 35.2 Å². The first-order chi connectivity index (χ1) is 12.7. The molecule has 6 nitrogen and oxygen atoms in total. The summed E-state index contributed by atoms with van der Waals surface area (Å²) in [7, 11) is 0. The third-order valence-corrected chi connectivity index (χ3v) is 5.44. The van der Waals surface area contributed by atoms with Crippen LogP contribution >= 0.6 is 11.3 Å². The van der Waals surface area contributed by atoms with Gasteiger partial charge in [0.25, 0.3) is 0 Å². The number of amides is 2. The van der Waals surface area contributed by atoms with E-state index in [4.69, 9.17) is 9.72 Å². The lowest BCUT2D eigenvalue weighted by Crippen LogP contribution is -2.35. The zero-order valence-corrected chi connectivity index (χ0v) is 16.2. The number of aromatic nitrogens is 1. The molecule has 2 aromatic rings. The number of anilines is 1. The number of rotatable bonds is 6. The van der Waals surface area contributed by atoms with Gasteiger partial charge >= 0.3 is 6.03 Å². The van der Waals surface area contributed by atoms with E-state index in [0.717, 1.165) is 44.1 Å². The van der Waals surface area contributed by atoms with Crippen LogP contribution in [0.4, 0.5) is 9.93 Å². The van der Waals surface area contributed by atoms with Gasteiger partial charge in [-0.05, 0) is 13.8 Å². The number of carbonyl (C=O) groups excluding carboxylic acids is 1. The molecule has 26 heavy (non-hydrogen) atoms. The molecule has 1 aliphatic rings. The summed E-state index contributed by atoms with van der Waals surface area (Å²) in [6, 6.07) is 10.1. The number of hydrogen-bond donors (Lipinski definition) is 1. The minimum absolute atomic E-state index is 0.0960. The third kappa shape index (κ3) is 4.60. The normalized spacial score (nSPS) is 15.0. The summed E-state index contributed by atoms with van der Waals surface area (Å²) in [5, 5.41) is 3.62. The van der Waals surface area contributed by atoms with Gasteiger partial charge in [0.05, 0.1) is 18.9 Å². The second-order valence-electron chi connectivity index (χ2n) is 6.15. The van der Waals surface area contributed by atoms with E-state index in [-0.39, 0.29) is 6.03 Å². The Morgan fingerprint density at radius 3 is 2.58 bits per heavy atom. The number of urea groups is 1. The van der Waals surface area contributed by atoms with Crippen molar-refractivity contribution >= 4 is 22.5 Å². The van der Waals surface area contributed by atoms with Crippen molar-refractivity contribution in [2.75, 3.05) is 44.7 Å². The van der Waals surface area contributed by atoms with Crippen LogP contribution in [0.3, 0.4) is 0 Å². The van der Waals surface area contributed by atoms with Crippen molar-refractivity contribution < 1.29 is 9.53 Å². The van der Waals surface area contributed by atoms with Crippen LogP contribution in [-0.4, -0.2) is 60.2 Å². The molecular formula is C19H26N4O2S. The summed E-state index contributed by atoms with van der Waals surface area (Å²) in [6.07, 6.45) is 0. The molecule has 3 rings (SSSR count). The summed E-state index contributed by atoms with van der Waals surface area (Å²) in [5.74, 6) is 0. The van der Waals surface area contributed by atoms with Gasteiger partial charge in [0.15, 0.2) is 5.13 Å². The highest BCUT2D eigenvalue weighted by atomic mass is 32.1. The van der Waals surface area contributed by atoms with Crippen LogP contribution in [0.25, 0.3) is 11.3 Å². The fourth-order valence-corrected chi connectivity index (χ4v) is 3.99. The van der Waals surface area contributed by atoms with Gasteiger partial charge in [-0.1, -0.05) is 41.7 Å². The van der Waals surface area contributed by atoms with E-state index < -0.39 is 0 Å². The standard InChI is InChI=1S/C19H26N4O2S/c1-3-23(4-2)19(24)21-18-20-17(15-8-6-5-7-9-15)16(26-18)14-22-10-12-25-13-11-22/h5-9H,3-4,10-14H2,1-2H3,(H,20,21,24). The molecule has 0 spiro atoms. The maximum atomic E-state index is 12.4. The molecule has 1 saturated heterocycles. The Kier molecular flexibility index (Phi) is 6.60. The number of morpholine rings is 1. The van der Waals surface area contributed by atoms with Crippen LogP contribution in [0, 0.1) is 0 Å². The van der Waals surface area contributed by atoms with E-state index in [1.807, 2.05) is 32.0 Å². The number of nitrogens with zero attached hydrogens (tertiary/aromatic N) is 3. The van der Waals surface area contributed by atoms with E-state index in [1.54, 1.807) is 16.2 Å². The molecule has 0 bridgehead atoms. The average molecular weight is 375 g/mol. The second-order valence-corrected chi connectivity index (χ2v) is 7.23. The topological polar surface area (TPSA) is 57.7 Å². The second kappa shape index (κ2) is 9.12. The highest BCUT2D eigenvalue weighted by Gasteiger charge is 2.20. The molecule has 0 unspecified atom stereocenters. The smallest absolute Gasteiger partial charge is 0.323 e. The number of carbonyl (C=O) groups is 1. The molecule has 0 radical (unpaired) electrons. The Hall–Kier alpha value is -1.96. The minimum Gasteiger partial charge on any atom is -0.379 e. The largest absolute Gasteiger partial charge is 0.379 e. The van der Waals surface area contributed by atoms with Crippen molar-refractivity contribution in [1.82, 2.24) is 14.8 Å². The summed E-state index contributed by atoms with van der Waals surface area (Å²) in [4.78, 5) is 22.4. The molecule has 1 aromatic carbocycles. The quantitative estimate of drug-likeness (QED) is 0.841. The molecule has 0 atom stereocenters. The molecule has 2 heterocycles. The molecule has 2 amide bonds. The zero-order valence-electron chi connectivity index (χ0n) is 15.4. The van der Waals surface area contributed by atoms with Gasteiger partial charge in [-0.3, -0.25) is 10.2 Å². The summed E-state index contributed by atoms with van der Waals surface area (Å²) in [6.45, 7) is 9.52.